The van der Waals surface area contributed by atoms with Gasteiger partial charge in [0.2, 0.25) is 5.76 Å². The van der Waals surface area contributed by atoms with Gasteiger partial charge in [0.15, 0.2) is 0 Å². The molecule has 0 saturated carbocycles. The van der Waals surface area contributed by atoms with Gasteiger partial charge in [0.05, 0.1) is 7.11 Å². The van der Waals surface area contributed by atoms with E-state index in [1.807, 2.05) is 24.3 Å². The zero-order valence-corrected chi connectivity index (χ0v) is 19.1. The summed E-state index contributed by atoms with van der Waals surface area (Å²) in [6.45, 7) is 6.35. The summed E-state index contributed by atoms with van der Waals surface area (Å²) in [4.78, 5) is 26.1. The van der Waals surface area contributed by atoms with Crippen molar-refractivity contribution in [2.45, 2.75) is 26.2 Å². The SMILES string of the molecule is COc1cccc(NC(=O)c2oc3ccccc3c2NC(=O)c2ccc(C(C)(C)C)cc2)c1. The Bertz CT molecular complexity index is 1310. The van der Waals surface area contributed by atoms with Crippen molar-refractivity contribution < 1.29 is 18.7 Å². The van der Waals surface area contributed by atoms with Gasteiger partial charge < -0.3 is 19.8 Å². The summed E-state index contributed by atoms with van der Waals surface area (Å²) in [6.07, 6.45) is 0. The number of anilines is 2. The van der Waals surface area contributed by atoms with Gasteiger partial charge in [0.1, 0.15) is 17.0 Å². The number of hydrogen-bond donors (Lipinski definition) is 2. The first kappa shape index (κ1) is 22.1. The first-order valence-corrected chi connectivity index (χ1v) is 10.6. The molecular weight excluding hydrogens is 416 g/mol. The predicted octanol–water partition coefficient (Wildman–Crippen LogP) is 6.24. The number of ether oxygens (including phenoxy) is 1. The number of rotatable bonds is 5. The topological polar surface area (TPSA) is 80.6 Å². The molecule has 0 aliphatic rings. The van der Waals surface area contributed by atoms with Crippen LogP contribution in [-0.4, -0.2) is 18.9 Å². The highest BCUT2D eigenvalue weighted by Crippen LogP contribution is 2.32. The van der Waals surface area contributed by atoms with E-state index in [2.05, 4.69) is 31.4 Å². The summed E-state index contributed by atoms with van der Waals surface area (Å²) >= 11 is 0. The molecule has 0 atom stereocenters. The van der Waals surface area contributed by atoms with E-state index in [-0.39, 0.29) is 17.1 Å². The van der Waals surface area contributed by atoms with Crippen LogP contribution < -0.4 is 15.4 Å². The van der Waals surface area contributed by atoms with Crippen LogP contribution in [0.2, 0.25) is 0 Å². The van der Waals surface area contributed by atoms with E-state index in [1.54, 1.807) is 55.6 Å². The highest BCUT2D eigenvalue weighted by molar-refractivity contribution is 6.16. The second-order valence-corrected chi connectivity index (χ2v) is 8.77. The third kappa shape index (κ3) is 4.75. The molecule has 0 fully saturated rings. The molecule has 1 aromatic heterocycles. The van der Waals surface area contributed by atoms with Crippen LogP contribution in [0.5, 0.6) is 5.75 Å². The van der Waals surface area contributed by atoms with Crippen molar-refractivity contribution in [2.75, 3.05) is 17.7 Å². The van der Waals surface area contributed by atoms with Crippen molar-refractivity contribution in [3.63, 3.8) is 0 Å². The quantitative estimate of drug-likeness (QED) is 0.383. The van der Waals surface area contributed by atoms with Gasteiger partial charge in [-0.05, 0) is 47.4 Å². The molecule has 3 aromatic carbocycles. The molecule has 6 nitrogen and oxygen atoms in total. The fourth-order valence-electron chi connectivity index (χ4n) is 3.53. The first-order valence-electron chi connectivity index (χ1n) is 10.6. The number of para-hydroxylation sites is 1. The fourth-order valence-corrected chi connectivity index (χ4v) is 3.53. The molecule has 0 saturated heterocycles. The van der Waals surface area contributed by atoms with Gasteiger partial charge in [-0.15, -0.1) is 0 Å². The first-order chi connectivity index (χ1) is 15.8. The third-order valence-electron chi connectivity index (χ3n) is 5.38. The molecule has 1 heterocycles. The summed E-state index contributed by atoms with van der Waals surface area (Å²) in [5, 5.41) is 6.33. The summed E-state index contributed by atoms with van der Waals surface area (Å²) in [6, 6.07) is 21.7. The van der Waals surface area contributed by atoms with Gasteiger partial charge in [0, 0.05) is 22.7 Å². The molecule has 4 rings (SSSR count). The van der Waals surface area contributed by atoms with Crippen LogP contribution in [0.3, 0.4) is 0 Å². The molecule has 0 radical (unpaired) electrons. The van der Waals surface area contributed by atoms with Gasteiger partial charge >= 0.3 is 0 Å². The minimum atomic E-state index is -0.474. The number of fused-ring (bicyclic) bond motifs is 1. The van der Waals surface area contributed by atoms with Crippen LogP contribution in [0.15, 0.2) is 77.2 Å². The van der Waals surface area contributed by atoms with E-state index in [9.17, 15) is 9.59 Å². The van der Waals surface area contributed by atoms with Crippen molar-refractivity contribution >= 4 is 34.2 Å². The van der Waals surface area contributed by atoms with Gasteiger partial charge in [-0.25, -0.2) is 0 Å². The molecule has 168 valence electrons. The molecule has 0 spiro atoms. The summed E-state index contributed by atoms with van der Waals surface area (Å²) < 4.78 is 11.0. The Morgan fingerprint density at radius 2 is 1.58 bits per heavy atom. The third-order valence-corrected chi connectivity index (χ3v) is 5.38. The summed E-state index contributed by atoms with van der Waals surface area (Å²) in [5.41, 5.74) is 3.00. The van der Waals surface area contributed by atoms with E-state index >= 15 is 0 Å². The molecule has 2 amide bonds. The molecule has 6 heteroatoms. The van der Waals surface area contributed by atoms with Crippen LogP contribution >= 0.6 is 0 Å². The Hall–Kier alpha value is -4.06. The highest BCUT2D eigenvalue weighted by atomic mass is 16.5. The van der Waals surface area contributed by atoms with E-state index < -0.39 is 5.91 Å². The van der Waals surface area contributed by atoms with E-state index in [4.69, 9.17) is 9.15 Å². The van der Waals surface area contributed by atoms with Gasteiger partial charge in [0.25, 0.3) is 11.8 Å². The van der Waals surface area contributed by atoms with Crippen LogP contribution in [0.25, 0.3) is 11.0 Å². The number of carbonyl (C=O) groups excluding carboxylic acids is 2. The maximum absolute atomic E-state index is 13.1. The second-order valence-electron chi connectivity index (χ2n) is 8.77. The lowest BCUT2D eigenvalue weighted by atomic mass is 9.87. The Kier molecular flexibility index (Phi) is 5.92. The standard InChI is InChI=1S/C27H26N2O4/c1-27(2,3)18-14-12-17(13-15-18)25(30)29-23-21-10-5-6-11-22(21)33-24(23)26(31)28-19-8-7-9-20(16-19)32-4/h5-16H,1-4H3,(H,28,31)(H,29,30). The van der Waals surface area contributed by atoms with E-state index in [1.165, 1.54) is 0 Å². The maximum atomic E-state index is 13.1. The molecule has 0 aliphatic heterocycles. The summed E-state index contributed by atoms with van der Waals surface area (Å²) in [7, 11) is 1.56. The molecule has 0 unspecified atom stereocenters. The van der Waals surface area contributed by atoms with Crippen LogP contribution in [0.4, 0.5) is 11.4 Å². The zero-order chi connectivity index (χ0) is 23.6. The predicted molar refractivity (Wildman–Crippen MR) is 130 cm³/mol. The Balaban J connectivity index is 1.65. The van der Waals surface area contributed by atoms with Gasteiger partial charge in [-0.2, -0.15) is 0 Å². The smallest absolute Gasteiger partial charge is 0.293 e. The number of amides is 2. The largest absolute Gasteiger partial charge is 0.497 e. The maximum Gasteiger partial charge on any atom is 0.293 e. The molecule has 2 N–H and O–H groups in total. The minimum Gasteiger partial charge on any atom is -0.497 e. The van der Waals surface area contributed by atoms with Crippen molar-refractivity contribution in [3.05, 3.63) is 89.7 Å². The zero-order valence-electron chi connectivity index (χ0n) is 19.1. The molecule has 0 aliphatic carbocycles. The molecule has 33 heavy (non-hydrogen) atoms. The normalized spacial score (nSPS) is 11.3. The Morgan fingerprint density at radius 1 is 0.848 bits per heavy atom. The number of hydrogen-bond acceptors (Lipinski definition) is 4. The van der Waals surface area contributed by atoms with Gasteiger partial charge in [-0.1, -0.05) is 51.1 Å². The molecular formula is C27H26N2O4. The fraction of sp³-hybridized carbons (Fsp3) is 0.185. The highest BCUT2D eigenvalue weighted by Gasteiger charge is 2.23. The van der Waals surface area contributed by atoms with Gasteiger partial charge in [-0.3, -0.25) is 9.59 Å². The van der Waals surface area contributed by atoms with Crippen LogP contribution in [0, 0.1) is 0 Å². The molecule has 0 bridgehead atoms. The van der Waals surface area contributed by atoms with E-state index in [0.717, 1.165) is 5.56 Å². The lowest BCUT2D eigenvalue weighted by Gasteiger charge is -2.19. The Labute approximate surface area is 192 Å². The number of nitrogens with one attached hydrogen (secondary N) is 2. The number of methoxy groups -OCH3 is 1. The minimum absolute atomic E-state index is 0.0128. The lowest BCUT2D eigenvalue weighted by molar-refractivity contribution is 0.0999. The average Bonchev–Trinajstić information content (AvgIpc) is 3.17. The summed E-state index contributed by atoms with van der Waals surface area (Å²) in [5.74, 6) is -0.154. The number of benzene rings is 3. The van der Waals surface area contributed by atoms with Crippen molar-refractivity contribution in [1.29, 1.82) is 0 Å². The van der Waals surface area contributed by atoms with E-state index in [0.29, 0.717) is 33.7 Å². The van der Waals surface area contributed by atoms with Crippen molar-refractivity contribution in [1.82, 2.24) is 0 Å². The second kappa shape index (κ2) is 8.82. The number of carbonyl (C=O) groups is 2. The van der Waals surface area contributed by atoms with Crippen molar-refractivity contribution in [2.24, 2.45) is 0 Å². The monoisotopic (exact) mass is 442 g/mol. The average molecular weight is 443 g/mol. The van der Waals surface area contributed by atoms with Crippen LogP contribution in [-0.2, 0) is 5.41 Å². The van der Waals surface area contributed by atoms with Crippen molar-refractivity contribution in [3.8, 4) is 5.75 Å². The Morgan fingerprint density at radius 3 is 2.27 bits per heavy atom. The lowest BCUT2D eigenvalue weighted by Crippen LogP contribution is -2.17. The number of furan rings is 1. The molecule has 4 aromatic rings. The van der Waals surface area contributed by atoms with Crippen LogP contribution in [0.1, 0.15) is 47.2 Å².